The molecule has 0 spiro atoms. The first kappa shape index (κ1) is 9.27. The summed E-state index contributed by atoms with van der Waals surface area (Å²) in [7, 11) is 1.50. The second-order valence-corrected chi connectivity index (χ2v) is 2.82. The van der Waals surface area contributed by atoms with E-state index < -0.39 is 0 Å². The monoisotopic (exact) mass is 148 g/mol. The molecule has 0 radical (unpaired) electrons. The van der Waals surface area contributed by atoms with E-state index >= 15 is 0 Å². The minimum Gasteiger partial charge on any atom is -0.333 e. The average molecular weight is 148 g/mol. The molecule has 1 fully saturated rings. The first-order valence-corrected chi connectivity index (χ1v) is 4.47. The molecule has 0 aromatic heterocycles. The molecule has 1 aliphatic heterocycles. The molecule has 1 aliphatic rings. The third kappa shape index (κ3) is 3.78. The molecule has 0 aliphatic carbocycles. The van der Waals surface area contributed by atoms with Crippen LogP contribution in [0.5, 0.6) is 0 Å². The van der Waals surface area contributed by atoms with Crippen LogP contribution in [0.1, 0.15) is 6.92 Å². The molecule has 56 valence electrons. The van der Waals surface area contributed by atoms with Crippen molar-refractivity contribution in [1.82, 2.24) is 4.90 Å². The van der Waals surface area contributed by atoms with Gasteiger partial charge in [-0.1, -0.05) is 6.92 Å². The highest BCUT2D eigenvalue weighted by atomic mass is 32.2. The van der Waals surface area contributed by atoms with Gasteiger partial charge >= 0.3 is 0 Å². The third-order valence-electron chi connectivity index (χ3n) is 1.27. The van der Waals surface area contributed by atoms with E-state index in [2.05, 4.69) is 17.6 Å². The lowest BCUT2D eigenvalue weighted by Crippen LogP contribution is -2.17. The lowest BCUT2D eigenvalue weighted by molar-refractivity contribution is 0.377. The molecule has 3 heteroatoms. The number of nitrogens with zero attached hydrogens (tertiary/aromatic N) is 1. The van der Waals surface area contributed by atoms with Crippen molar-refractivity contribution in [3.8, 4) is 0 Å². The fourth-order valence-corrected chi connectivity index (χ4v) is 1.79. The topological polar surface area (TPSA) is 29.3 Å². The molecule has 0 saturated carbocycles. The Bertz CT molecular complexity index is 53.0. The summed E-state index contributed by atoms with van der Waals surface area (Å²) >= 11 is 2.03. The first-order chi connectivity index (χ1) is 4.43. The minimum atomic E-state index is 1.23. The van der Waals surface area contributed by atoms with E-state index in [1.54, 1.807) is 0 Å². The fraction of sp³-hybridized carbons (Fsp3) is 1.00. The van der Waals surface area contributed by atoms with Crippen molar-refractivity contribution < 1.29 is 0 Å². The van der Waals surface area contributed by atoms with Crippen molar-refractivity contribution in [3.05, 3.63) is 0 Å². The Labute approximate surface area is 61.8 Å². The molecular weight excluding hydrogens is 132 g/mol. The summed E-state index contributed by atoms with van der Waals surface area (Å²) in [6.45, 7) is 4.75. The van der Waals surface area contributed by atoms with Crippen LogP contribution in [0.15, 0.2) is 0 Å². The lowest BCUT2D eigenvalue weighted by Gasteiger charge is -2.07. The Kier molecular flexibility index (Phi) is 6.58. The van der Waals surface area contributed by atoms with E-state index in [0.717, 1.165) is 0 Å². The highest BCUT2D eigenvalue weighted by Crippen LogP contribution is 2.11. The van der Waals surface area contributed by atoms with Gasteiger partial charge in [-0.15, -0.1) is 11.8 Å². The number of rotatable bonds is 1. The molecule has 0 aromatic rings. The lowest BCUT2D eigenvalue weighted by atomic mass is 10.6. The summed E-state index contributed by atoms with van der Waals surface area (Å²) in [4.78, 5) is 2.45. The average Bonchev–Trinajstić information content (AvgIpc) is 2.43. The van der Waals surface area contributed by atoms with Crippen LogP contribution < -0.4 is 5.73 Å². The molecule has 1 heterocycles. The molecule has 0 atom stereocenters. The zero-order valence-electron chi connectivity index (χ0n) is 6.26. The number of hydrogen-bond donors (Lipinski definition) is 1. The van der Waals surface area contributed by atoms with Gasteiger partial charge in [0.05, 0.1) is 0 Å². The first-order valence-electron chi connectivity index (χ1n) is 3.31. The maximum Gasteiger partial charge on any atom is 0.0444 e. The van der Waals surface area contributed by atoms with Gasteiger partial charge in [-0.05, 0) is 13.6 Å². The summed E-state index contributed by atoms with van der Waals surface area (Å²) < 4.78 is 0. The Morgan fingerprint density at radius 3 is 2.44 bits per heavy atom. The molecule has 0 bridgehead atoms. The molecule has 1 rings (SSSR count). The van der Waals surface area contributed by atoms with Crippen LogP contribution in [0.25, 0.3) is 0 Å². The Hall–Kier alpha value is 0.270. The fourth-order valence-electron chi connectivity index (χ4n) is 0.701. The van der Waals surface area contributed by atoms with E-state index in [1.165, 1.54) is 31.8 Å². The molecule has 0 amide bonds. The van der Waals surface area contributed by atoms with Crippen LogP contribution in [0, 0.1) is 0 Å². The largest absolute Gasteiger partial charge is 0.333 e. The van der Waals surface area contributed by atoms with Crippen LogP contribution in [0.2, 0.25) is 0 Å². The van der Waals surface area contributed by atoms with Crippen LogP contribution in [-0.4, -0.2) is 36.7 Å². The normalized spacial score (nSPS) is 19.0. The minimum absolute atomic E-state index is 1.23. The smallest absolute Gasteiger partial charge is 0.0444 e. The van der Waals surface area contributed by atoms with E-state index in [1.807, 2.05) is 11.8 Å². The Balaban J connectivity index is 0.000000291. The van der Waals surface area contributed by atoms with Crippen LogP contribution in [0.3, 0.4) is 0 Å². The molecule has 2 nitrogen and oxygen atoms in total. The highest BCUT2D eigenvalue weighted by molar-refractivity contribution is 7.99. The van der Waals surface area contributed by atoms with Gasteiger partial charge in [-0.25, -0.2) is 0 Å². The molecular formula is C6H16N2S. The zero-order valence-corrected chi connectivity index (χ0v) is 7.08. The predicted octanol–water partition coefficient (Wildman–Crippen LogP) is 0.588. The zero-order chi connectivity index (χ0) is 7.11. The van der Waals surface area contributed by atoms with Crippen molar-refractivity contribution in [3.63, 3.8) is 0 Å². The van der Waals surface area contributed by atoms with E-state index in [-0.39, 0.29) is 0 Å². The van der Waals surface area contributed by atoms with Crippen LogP contribution in [0.4, 0.5) is 0 Å². The van der Waals surface area contributed by atoms with Crippen molar-refractivity contribution in [2.24, 2.45) is 5.73 Å². The van der Waals surface area contributed by atoms with Crippen molar-refractivity contribution >= 4 is 11.8 Å². The van der Waals surface area contributed by atoms with Gasteiger partial charge in [0.2, 0.25) is 0 Å². The van der Waals surface area contributed by atoms with E-state index in [9.17, 15) is 0 Å². The standard InChI is InChI=1S/C5H11NS.CH5N/c1-2-6-3-4-7-5-6;1-2/h2-5H2,1H3;2H2,1H3. The van der Waals surface area contributed by atoms with Crippen molar-refractivity contribution in [1.29, 1.82) is 0 Å². The summed E-state index contributed by atoms with van der Waals surface area (Å²) in [6.07, 6.45) is 0. The Morgan fingerprint density at radius 1 is 1.56 bits per heavy atom. The second kappa shape index (κ2) is 6.39. The summed E-state index contributed by atoms with van der Waals surface area (Å²) in [6, 6.07) is 0. The van der Waals surface area contributed by atoms with Crippen LogP contribution in [-0.2, 0) is 0 Å². The second-order valence-electron chi connectivity index (χ2n) is 1.75. The van der Waals surface area contributed by atoms with Gasteiger partial charge in [0.25, 0.3) is 0 Å². The summed E-state index contributed by atoms with van der Waals surface area (Å²) in [5.74, 6) is 2.60. The van der Waals surface area contributed by atoms with Crippen molar-refractivity contribution in [2.45, 2.75) is 6.92 Å². The maximum absolute atomic E-state index is 4.50. The van der Waals surface area contributed by atoms with Gasteiger partial charge in [0, 0.05) is 18.2 Å². The molecule has 0 aromatic carbocycles. The maximum atomic E-state index is 4.50. The number of thioether (sulfide) groups is 1. The predicted molar refractivity (Wildman–Crippen MR) is 44.7 cm³/mol. The summed E-state index contributed by atoms with van der Waals surface area (Å²) in [5.41, 5.74) is 4.50. The highest BCUT2D eigenvalue weighted by Gasteiger charge is 2.07. The van der Waals surface area contributed by atoms with Crippen molar-refractivity contribution in [2.75, 3.05) is 31.8 Å². The third-order valence-corrected chi connectivity index (χ3v) is 2.29. The molecule has 9 heavy (non-hydrogen) atoms. The van der Waals surface area contributed by atoms with E-state index in [0.29, 0.717) is 0 Å². The molecule has 1 saturated heterocycles. The van der Waals surface area contributed by atoms with Gasteiger partial charge in [0.15, 0.2) is 0 Å². The van der Waals surface area contributed by atoms with Gasteiger partial charge < -0.3 is 5.73 Å². The van der Waals surface area contributed by atoms with Gasteiger partial charge in [0.1, 0.15) is 0 Å². The van der Waals surface area contributed by atoms with Crippen LogP contribution >= 0.6 is 11.8 Å². The SMILES string of the molecule is CCN1CCSC1.CN. The molecule has 2 N–H and O–H groups in total. The number of nitrogens with two attached hydrogens (primary N) is 1. The molecule has 0 unspecified atom stereocenters. The van der Waals surface area contributed by atoms with Gasteiger partial charge in [-0.2, -0.15) is 0 Å². The van der Waals surface area contributed by atoms with E-state index in [4.69, 9.17) is 0 Å². The quantitative estimate of drug-likeness (QED) is 0.590. The Morgan fingerprint density at radius 2 is 2.22 bits per heavy atom. The number of hydrogen-bond acceptors (Lipinski definition) is 3. The summed E-state index contributed by atoms with van der Waals surface area (Å²) in [5, 5.41) is 0. The van der Waals surface area contributed by atoms with Gasteiger partial charge in [-0.3, -0.25) is 4.90 Å².